The molecule has 0 aliphatic carbocycles. The summed E-state index contributed by atoms with van der Waals surface area (Å²) in [5, 5.41) is 0. The van der Waals surface area contributed by atoms with Gasteiger partial charge in [-0.25, -0.2) is 0 Å². The van der Waals surface area contributed by atoms with E-state index < -0.39 is 29.6 Å². The Bertz CT molecular complexity index is 1350. The van der Waals surface area contributed by atoms with Gasteiger partial charge in [-0.15, -0.1) is 0 Å². The van der Waals surface area contributed by atoms with Gasteiger partial charge >= 0.3 is 12.4 Å². The van der Waals surface area contributed by atoms with Gasteiger partial charge in [-0.2, -0.15) is 26.3 Å². The predicted molar refractivity (Wildman–Crippen MR) is 150 cm³/mol. The van der Waals surface area contributed by atoms with Crippen molar-refractivity contribution in [3.63, 3.8) is 0 Å². The highest BCUT2D eigenvalue weighted by Crippen LogP contribution is 2.40. The molecule has 0 saturated carbocycles. The first kappa shape index (κ1) is 29.9. The van der Waals surface area contributed by atoms with E-state index in [4.69, 9.17) is 4.74 Å². The van der Waals surface area contributed by atoms with Crippen molar-refractivity contribution >= 4 is 0 Å². The average Bonchev–Trinajstić information content (AvgIpc) is 2.97. The van der Waals surface area contributed by atoms with Crippen LogP contribution >= 0.6 is 0 Å². The van der Waals surface area contributed by atoms with Gasteiger partial charge in [0.1, 0.15) is 0 Å². The van der Waals surface area contributed by atoms with Crippen molar-refractivity contribution in [3.8, 4) is 0 Å². The van der Waals surface area contributed by atoms with Crippen LogP contribution in [-0.2, 0) is 30.2 Å². The molecule has 1 saturated heterocycles. The summed E-state index contributed by atoms with van der Waals surface area (Å²) in [5.74, 6) is -0.205. The summed E-state index contributed by atoms with van der Waals surface area (Å²) in [7, 11) is 0. The summed E-state index contributed by atoms with van der Waals surface area (Å²) < 4.78 is 87.2. The molecule has 42 heavy (non-hydrogen) atoms. The Balaban J connectivity index is 1.47. The van der Waals surface area contributed by atoms with E-state index in [1.165, 1.54) is 0 Å². The molecule has 1 aliphatic heterocycles. The highest BCUT2D eigenvalue weighted by molar-refractivity contribution is 5.35. The van der Waals surface area contributed by atoms with E-state index in [0.29, 0.717) is 19.5 Å². The summed E-state index contributed by atoms with van der Waals surface area (Å²) in [6.45, 7) is 1.69. The second-order valence-electron chi connectivity index (χ2n) is 10.7. The highest BCUT2D eigenvalue weighted by atomic mass is 19.4. The molecule has 2 atom stereocenters. The van der Waals surface area contributed by atoms with Crippen molar-refractivity contribution < 1.29 is 31.1 Å². The molecule has 4 aromatic rings. The molecule has 1 aliphatic rings. The fourth-order valence-electron chi connectivity index (χ4n) is 5.86. The lowest BCUT2D eigenvalue weighted by atomic mass is 9.75. The molecule has 5 rings (SSSR count). The van der Waals surface area contributed by atoms with E-state index in [1.807, 2.05) is 78.9 Å². The van der Waals surface area contributed by atoms with Crippen LogP contribution in [0.5, 0.6) is 0 Å². The lowest BCUT2D eigenvalue weighted by Gasteiger charge is -2.42. The quantitative estimate of drug-likeness (QED) is 0.192. The summed E-state index contributed by atoms with van der Waals surface area (Å²) >= 11 is 0. The first-order valence-corrected chi connectivity index (χ1v) is 13.8. The van der Waals surface area contributed by atoms with Crippen LogP contribution in [0.15, 0.2) is 109 Å². The Morgan fingerprint density at radius 1 is 0.667 bits per heavy atom. The van der Waals surface area contributed by atoms with Crippen LogP contribution in [0.3, 0.4) is 0 Å². The van der Waals surface area contributed by atoms with E-state index in [0.717, 1.165) is 35.4 Å². The number of alkyl halides is 6. The molecule has 8 heteroatoms. The summed E-state index contributed by atoms with van der Waals surface area (Å²) in [4.78, 5) is 2.34. The Morgan fingerprint density at radius 2 is 1.17 bits per heavy atom. The zero-order valence-corrected chi connectivity index (χ0v) is 22.8. The van der Waals surface area contributed by atoms with Crippen molar-refractivity contribution in [2.24, 2.45) is 5.92 Å². The number of hydrogen-bond acceptors (Lipinski definition) is 2. The van der Waals surface area contributed by atoms with Gasteiger partial charge in [-0.05, 0) is 46.9 Å². The minimum Gasteiger partial charge on any atom is -0.373 e. The SMILES string of the molecule is FC(F)(F)c1cc(COC2CCN(Cc3ccccc3)CC2C(c2ccccc2)c2ccccc2)cc(C(F)(F)F)c1. The van der Waals surface area contributed by atoms with E-state index in [1.54, 1.807) is 0 Å². The van der Waals surface area contributed by atoms with Crippen molar-refractivity contribution in [2.45, 2.75) is 43.9 Å². The lowest BCUT2D eigenvalue weighted by Crippen LogP contribution is -2.46. The molecular formula is C34H31F6NO. The minimum atomic E-state index is -4.91. The Kier molecular flexibility index (Phi) is 9.04. The Morgan fingerprint density at radius 3 is 1.67 bits per heavy atom. The van der Waals surface area contributed by atoms with Gasteiger partial charge in [-0.1, -0.05) is 91.0 Å². The zero-order valence-electron chi connectivity index (χ0n) is 22.8. The molecule has 1 fully saturated rings. The van der Waals surface area contributed by atoms with Gasteiger partial charge in [0.05, 0.1) is 23.8 Å². The van der Waals surface area contributed by atoms with Gasteiger partial charge in [0.15, 0.2) is 0 Å². The smallest absolute Gasteiger partial charge is 0.373 e. The molecule has 0 radical (unpaired) electrons. The third kappa shape index (κ3) is 7.41. The predicted octanol–water partition coefficient (Wildman–Crippen LogP) is 8.96. The molecular weight excluding hydrogens is 552 g/mol. The first-order valence-electron chi connectivity index (χ1n) is 13.8. The summed E-state index contributed by atoms with van der Waals surface area (Å²) in [5.41, 5.74) is 0.478. The largest absolute Gasteiger partial charge is 0.416 e. The normalized spacial score (nSPS) is 18.4. The van der Waals surface area contributed by atoms with Gasteiger partial charge < -0.3 is 4.74 Å². The van der Waals surface area contributed by atoms with Crippen LogP contribution in [0, 0.1) is 5.92 Å². The molecule has 220 valence electrons. The molecule has 2 unspecified atom stereocenters. The molecule has 0 spiro atoms. The van der Waals surface area contributed by atoms with E-state index in [-0.39, 0.29) is 30.1 Å². The van der Waals surface area contributed by atoms with E-state index >= 15 is 0 Å². The van der Waals surface area contributed by atoms with E-state index in [2.05, 4.69) is 17.0 Å². The number of halogens is 6. The Hall–Kier alpha value is -3.62. The van der Waals surface area contributed by atoms with Crippen LogP contribution in [0.2, 0.25) is 0 Å². The second-order valence-corrected chi connectivity index (χ2v) is 10.7. The third-order valence-electron chi connectivity index (χ3n) is 7.78. The van der Waals surface area contributed by atoms with Crippen LogP contribution < -0.4 is 0 Å². The fraction of sp³-hybridized carbons (Fsp3) is 0.294. The van der Waals surface area contributed by atoms with Crippen molar-refractivity contribution in [3.05, 3.63) is 143 Å². The number of piperidine rings is 1. The van der Waals surface area contributed by atoms with Crippen molar-refractivity contribution in [1.29, 1.82) is 0 Å². The number of likely N-dealkylation sites (tertiary alicyclic amines) is 1. The second kappa shape index (κ2) is 12.7. The molecule has 2 nitrogen and oxygen atoms in total. The first-order chi connectivity index (χ1) is 20.1. The number of hydrogen-bond donors (Lipinski definition) is 0. The molecule has 0 bridgehead atoms. The van der Waals surface area contributed by atoms with E-state index in [9.17, 15) is 26.3 Å². The Labute approximate surface area is 241 Å². The van der Waals surface area contributed by atoms with Crippen molar-refractivity contribution in [1.82, 2.24) is 4.90 Å². The number of benzene rings is 4. The van der Waals surface area contributed by atoms with Crippen LogP contribution in [0.25, 0.3) is 0 Å². The molecule has 0 aromatic heterocycles. The maximum Gasteiger partial charge on any atom is 0.416 e. The minimum absolute atomic E-state index is 0.0942. The van der Waals surface area contributed by atoms with Crippen molar-refractivity contribution in [2.75, 3.05) is 13.1 Å². The lowest BCUT2D eigenvalue weighted by molar-refractivity contribution is -0.143. The van der Waals surface area contributed by atoms with Gasteiger partial charge in [0.25, 0.3) is 0 Å². The zero-order chi connectivity index (χ0) is 29.7. The maximum atomic E-state index is 13.5. The number of rotatable bonds is 8. The number of nitrogens with zero attached hydrogens (tertiary/aromatic N) is 1. The number of ether oxygens (including phenoxy) is 1. The highest BCUT2D eigenvalue weighted by Gasteiger charge is 2.39. The summed E-state index contributed by atoms with van der Waals surface area (Å²) in [6, 6.07) is 31.7. The van der Waals surface area contributed by atoms with Gasteiger partial charge in [0, 0.05) is 31.5 Å². The standard InChI is InChI=1S/C34H31F6NO/c35-33(36,37)28-18-25(19-29(20-28)34(38,39)40)23-42-31-16-17-41(21-24-10-4-1-5-11-24)22-30(31)32(26-12-6-2-7-13-26)27-14-8-3-9-15-27/h1-15,18-20,30-32H,16-17,21-23H2. The molecule has 0 amide bonds. The molecule has 4 aromatic carbocycles. The van der Waals surface area contributed by atoms with Crippen LogP contribution in [0.1, 0.15) is 45.7 Å². The van der Waals surface area contributed by atoms with Gasteiger partial charge in [-0.3, -0.25) is 4.90 Å². The van der Waals surface area contributed by atoms with Crippen LogP contribution in [-0.4, -0.2) is 24.1 Å². The van der Waals surface area contributed by atoms with Gasteiger partial charge in [0.2, 0.25) is 0 Å². The van der Waals surface area contributed by atoms with Crippen LogP contribution in [0.4, 0.5) is 26.3 Å². The monoisotopic (exact) mass is 583 g/mol. The molecule has 0 N–H and O–H groups in total. The summed E-state index contributed by atoms with van der Waals surface area (Å²) in [6.07, 6.45) is -9.63. The fourth-order valence-corrected chi connectivity index (χ4v) is 5.86. The third-order valence-corrected chi connectivity index (χ3v) is 7.78. The topological polar surface area (TPSA) is 12.5 Å². The molecule has 1 heterocycles. The maximum absolute atomic E-state index is 13.5. The average molecular weight is 584 g/mol.